The van der Waals surface area contributed by atoms with Gasteiger partial charge in [-0.25, -0.2) is 4.98 Å². The Morgan fingerprint density at radius 2 is 2.55 bits per heavy atom. The molecule has 1 aromatic heterocycles. The van der Waals surface area contributed by atoms with Crippen LogP contribution >= 0.6 is 23.4 Å². The molecule has 110 valence electrons. The lowest BCUT2D eigenvalue weighted by atomic mass is 10.2. The van der Waals surface area contributed by atoms with Crippen LogP contribution in [0, 0.1) is 0 Å². The molecule has 1 amide bonds. The first-order valence-corrected chi connectivity index (χ1v) is 8.10. The summed E-state index contributed by atoms with van der Waals surface area (Å²) in [6.07, 6.45) is 2.13. The molecule has 1 unspecified atom stereocenters. The van der Waals surface area contributed by atoms with E-state index in [-0.39, 0.29) is 11.9 Å². The third-order valence-corrected chi connectivity index (χ3v) is 4.24. The molecule has 1 aliphatic rings. The van der Waals surface area contributed by atoms with E-state index in [0.717, 1.165) is 18.1 Å². The quantitative estimate of drug-likeness (QED) is 0.775. The molecule has 1 atom stereocenters. The van der Waals surface area contributed by atoms with E-state index < -0.39 is 0 Å². The van der Waals surface area contributed by atoms with Gasteiger partial charge in [-0.2, -0.15) is 11.8 Å². The molecular weight excluding hydrogens is 298 g/mol. The summed E-state index contributed by atoms with van der Waals surface area (Å²) in [6.45, 7) is 1.78. The van der Waals surface area contributed by atoms with E-state index in [1.807, 2.05) is 11.8 Å². The van der Waals surface area contributed by atoms with E-state index in [1.54, 1.807) is 18.3 Å². The number of halogens is 1. The molecule has 2 rings (SSSR count). The van der Waals surface area contributed by atoms with Crippen molar-refractivity contribution in [2.75, 3.05) is 31.2 Å². The molecule has 20 heavy (non-hydrogen) atoms. The highest BCUT2D eigenvalue weighted by molar-refractivity contribution is 7.99. The van der Waals surface area contributed by atoms with Crippen LogP contribution in [0.25, 0.3) is 0 Å². The summed E-state index contributed by atoms with van der Waals surface area (Å²) in [5.74, 6) is 2.55. The van der Waals surface area contributed by atoms with Crippen molar-refractivity contribution in [3.63, 3.8) is 0 Å². The first kappa shape index (κ1) is 15.4. The van der Waals surface area contributed by atoms with E-state index in [4.69, 9.17) is 16.3 Å². The Morgan fingerprint density at radius 3 is 3.30 bits per heavy atom. The fourth-order valence-corrected chi connectivity index (χ4v) is 2.99. The molecule has 7 heteroatoms. The minimum Gasteiger partial charge on any atom is -0.475 e. The van der Waals surface area contributed by atoms with Crippen LogP contribution in [0.15, 0.2) is 18.3 Å². The van der Waals surface area contributed by atoms with E-state index >= 15 is 0 Å². The Labute approximate surface area is 127 Å². The third kappa shape index (κ3) is 5.19. The molecule has 0 bridgehead atoms. The topological polar surface area (TPSA) is 63.2 Å². The van der Waals surface area contributed by atoms with E-state index in [1.165, 1.54) is 0 Å². The van der Waals surface area contributed by atoms with Gasteiger partial charge in [-0.05, 0) is 12.1 Å². The fraction of sp³-hybridized carbons (Fsp3) is 0.538. The Balaban J connectivity index is 1.60. The summed E-state index contributed by atoms with van der Waals surface area (Å²) < 4.78 is 5.40. The summed E-state index contributed by atoms with van der Waals surface area (Å²) in [5.41, 5.74) is 0. The van der Waals surface area contributed by atoms with E-state index in [9.17, 15) is 4.79 Å². The van der Waals surface area contributed by atoms with Crippen LogP contribution in [-0.4, -0.2) is 48.1 Å². The van der Waals surface area contributed by atoms with Gasteiger partial charge in [-0.1, -0.05) is 11.6 Å². The molecule has 2 N–H and O–H groups in total. The zero-order valence-corrected chi connectivity index (χ0v) is 12.7. The average molecular weight is 316 g/mol. The number of thioether (sulfide) groups is 1. The smallest absolute Gasteiger partial charge is 0.232 e. The van der Waals surface area contributed by atoms with Crippen molar-refractivity contribution in [2.24, 2.45) is 0 Å². The lowest BCUT2D eigenvalue weighted by Crippen LogP contribution is -2.41. The Bertz CT molecular complexity index is 441. The van der Waals surface area contributed by atoms with Gasteiger partial charge in [0.05, 0.1) is 6.54 Å². The van der Waals surface area contributed by atoms with Crippen molar-refractivity contribution in [3.8, 4) is 5.88 Å². The number of carbonyl (C=O) groups is 1. The largest absolute Gasteiger partial charge is 0.475 e. The highest BCUT2D eigenvalue weighted by Crippen LogP contribution is 2.19. The van der Waals surface area contributed by atoms with Crippen LogP contribution in [0.2, 0.25) is 5.02 Å². The zero-order chi connectivity index (χ0) is 14.2. The van der Waals surface area contributed by atoms with Gasteiger partial charge in [0.2, 0.25) is 11.8 Å². The number of hydrogen-bond donors (Lipinski definition) is 2. The normalized spacial score (nSPS) is 18.6. The second kappa shape index (κ2) is 8.34. The second-order valence-electron chi connectivity index (χ2n) is 4.42. The highest BCUT2D eigenvalue weighted by atomic mass is 35.5. The number of nitrogens with one attached hydrogen (secondary N) is 2. The van der Waals surface area contributed by atoms with Gasteiger partial charge in [-0.3, -0.25) is 4.79 Å². The maximum Gasteiger partial charge on any atom is 0.232 e. The van der Waals surface area contributed by atoms with E-state index in [2.05, 4.69) is 15.6 Å². The molecule has 1 fully saturated rings. The molecule has 2 heterocycles. The predicted octanol–water partition coefficient (Wildman–Crippen LogP) is 1.33. The Kier molecular flexibility index (Phi) is 6.42. The predicted molar refractivity (Wildman–Crippen MR) is 81.5 cm³/mol. The second-order valence-corrected chi connectivity index (χ2v) is 5.98. The molecule has 5 nitrogen and oxygen atoms in total. The number of nitrogens with zero attached hydrogens (tertiary/aromatic N) is 1. The van der Waals surface area contributed by atoms with Crippen molar-refractivity contribution < 1.29 is 9.53 Å². The molecule has 1 aliphatic heterocycles. The van der Waals surface area contributed by atoms with Crippen LogP contribution in [0.1, 0.15) is 6.42 Å². The average Bonchev–Trinajstić information content (AvgIpc) is 2.46. The van der Waals surface area contributed by atoms with Gasteiger partial charge in [0.15, 0.2) is 0 Å². The molecule has 0 spiro atoms. The molecular formula is C13H18ClN3O2S. The Hall–Kier alpha value is -0.980. The van der Waals surface area contributed by atoms with Gasteiger partial charge in [0, 0.05) is 36.7 Å². The summed E-state index contributed by atoms with van der Waals surface area (Å²) >= 11 is 7.79. The Morgan fingerprint density at radius 1 is 1.65 bits per heavy atom. The van der Waals surface area contributed by atoms with Crippen molar-refractivity contribution in [1.29, 1.82) is 0 Å². The van der Waals surface area contributed by atoms with Crippen molar-refractivity contribution in [1.82, 2.24) is 15.6 Å². The molecule has 0 radical (unpaired) electrons. The maximum atomic E-state index is 11.7. The number of hydrogen-bond acceptors (Lipinski definition) is 5. The minimum absolute atomic E-state index is 0.0423. The maximum absolute atomic E-state index is 11.7. The van der Waals surface area contributed by atoms with Gasteiger partial charge in [-0.15, -0.1) is 0 Å². The van der Waals surface area contributed by atoms with Crippen molar-refractivity contribution in [2.45, 2.75) is 12.5 Å². The number of ether oxygens (including phenoxy) is 1. The number of aromatic nitrogens is 1. The van der Waals surface area contributed by atoms with Crippen LogP contribution in [-0.2, 0) is 4.79 Å². The van der Waals surface area contributed by atoms with Gasteiger partial charge >= 0.3 is 0 Å². The molecule has 0 saturated carbocycles. The van der Waals surface area contributed by atoms with Gasteiger partial charge in [0.25, 0.3) is 0 Å². The van der Waals surface area contributed by atoms with Crippen molar-refractivity contribution >= 4 is 29.3 Å². The number of pyridine rings is 1. The monoisotopic (exact) mass is 315 g/mol. The lowest BCUT2D eigenvalue weighted by Gasteiger charge is -2.22. The molecule has 1 aromatic rings. The summed E-state index contributed by atoms with van der Waals surface area (Å²) in [5, 5.41) is 6.64. The summed E-state index contributed by atoms with van der Waals surface area (Å²) in [4.78, 5) is 15.7. The summed E-state index contributed by atoms with van der Waals surface area (Å²) in [7, 11) is 0. The highest BCUT2D eigenvalue weighted by Gasteiger charge is 2.16. The first-order chi connectivity index (χ1) is 9.75. The number of carbonyl (C=O) groups excluding carboxylic acids is 1. The molecule has 0 aliphatic carbocycles. The van der Waals surface area contributed by atoms with Gasteiger partial charge in [0.1, 0.15) is 11.6 Å². The molecule has 1 saturated heterocycles. The van der Waals surface area contributed by atoms with E-state index in [0.29, 0.717) is 30.5 Å². The third-order valence-electron chi connectivity index (χ3n) is 2.82. The minimum atomic E-state index is 0.0423. The SMILES string of the molecule is O=C(CC1CSCCN1)NCCOc1ncccc1Cl. The van der Waals surface area contributed by atoms with Crippen molar-refractivity contribution in [3.05, 3.63) is 23.4 Å². The first-order valence-electron chi connectivity index (χ1n) is 6.57. The zero-order valence-electron chi connectivity index (χ0n) is 11.1. The van der Waals surface area contributed by atoms with Crippen LogP contribution in [0.5, 0.6) is 5.88 Å². The molecule has 0 aromatic carbocycles. The number of amides is 1. The number of rotatable bonds is 6. The van der Waals surface area contributed by atoms with Crippen LogP contribution in [0.3, 0.4) is 0 Å². The standard InChI is InChI=1S/C13H18ClN3O2S/c14-11-2-1-3-17-13(11)19-6-4-16-12(18)8-10-9-20-7-5-15-10/h1-3,10,15H,4-9H2,(H,16,18). The van der Waals surface area contributed by atoms with Crippen LogP contribution in [0.4, 0.5) is 0 Å². The summed E-state index contributed by atoms with van der Waals surface area (Å²) in [6, 6.07) is 3.74. The lowest BCUT2D eigenvalue weighted by molar-refractivity contribution is -0.121. The van der Waals surface area contributed by atoms with Crippen LogP contribution < -0.4 is 15.4 Å². The fourth-order valence-electron chi connectivity index (χ4n) is 1.86. The van der Waals surface area contributed by atoms with Gasteiger partial charge < -0.3 is 15.4 Å².